The van der Waals surface area contributed by atoms with Gasteiger partial charge in [-0.15, -0.1) is 0 Å². The van der Waals surface area contributed by atoms with Crippen molar-refractivity contribution in [3.05, 3.63) is 11.3 Å². The Morgan fingerprint density at radius 1 is 1.16 bits per heavy atom. The highest BCUT2D eigenvalue weighted by Crippen LogP contribution is 2.20. The second kappa shape index (κ2) is 6.39. The second-order valence-corrected chi connectivity index (χ2v) is 5.40. The molecule has 1 aliphatic rings. The molecule has 0 amide bonds. The number of hydrogen-bond donors (Lipinski definition) is 1. The first-order valence-electron chi connectivity index (χ1n) is 7.30. The number of hydrogen-bond acceptors (Lipinski definition) is 4. The molecule has 0 atom stereocenters. The number of nitrogens with zero attached hydrogens (tertiary/aromatic N) is 4. The molecule has 108 valence electrons. The molecule has 0 spiro atoms. The number of piperazine rings is 1. The lowest BCUT2D eigenvalue weighted by molar-refractivity contribution is 0.127. The normalized spacial score (nSPS) is 17.9. The molecule has 19 heavy (non-hydrogen) atoms. The van der Waals surface area contributed by atoms with Crippen LogP contribution in [0.2, 0.25) is 0 Å². The van der Waals surface area contributed by atoms with Crippen LogP contribution in [0.3, 0.4) is 0 Å². The summed E-state index contributed by atoms with van der Waals surface area (Å²) in [6.45, 7) is 11.3. The van der Waals surface area contributed by atoms with Gasteiger partial charge in [0.05, 0.1) is 5.69 Å². The van der Waals surface area contributed by atoms with E-state index in [2.05, 4.69) is 34.1 Å². The van der Waals surface area contributed by atoms with E-state index in [1.807, 2.05) is 18.8 Å². The maximum Gasteiger partial charge on any atom is 0.128 e. The Bertz CT molecular complexity index is 404. The topological polar surface area (TPSA) is 36.3 Å². The molecule has 1 aromatic heterocycles. The van der Waals surface area contributed by atoms with Crippen LogP contribution in [-0.4, -0.2) is 59.4 Å². The minimum Gasteiger partial charge on any atom is -0.373 e. The lowest BCUT2D eigenvalue weighted by Gasteiger charge is -2.34. The standard InChI is InChI=1S/C14H27N5/c1-5-6-18-7-9-19(10-8-18)11-13-12(2)16-17(4)14(13)15-3/h15H,5-11H2,1-4H3. The highest BCUT2D eigenvalue weighted by atomic mass is 15.3. The molecule has 5 nitrogen and oxygen atoms in total. The first-order valence-corrected chi connectivity index (χ1v) is 7.30. The largest absolute Gasteiger partial charge is 0.373 e. The molecule has 0 aromatic carbocycles. The third kappa shape index (κ3) is 3.28. The summed E-state index contributed by atoms with van der Waals surface area (Å²) in [6, 6.07) is 0. The molecular weight excluding hydrogens is 238 g/mol. The van der Waals surface area contributed by atoms with Crippen LogP contribution in [0.5, 0.6) is 0 Å². The number of aromatic nitrogens is 2. The Hall–Kier alpha value is -1.07. The fraction of sp³-hybridized carbons (Fsp3) is 0.786. The average molecular weight is 265 g/mol. The summed E-state index contributed by atoms with van der Waals surface area (Å²) in [7, 11) is 3.97. The molecule has 0 unspecified atom stereocenters. The van der Waals surface area contributed by atoms with E-state index in [-0.39, 0.29) is 0 Å². The van der Waals surface area contributed by atoms with Crippen molar-refractivity contribution in [2.24, 2.45) is 7.05 Å². The van der Waals surface area contributed by atoms with E-state index < -0.39 is 0 Å². The van der Waals surface area contributed by atoms with Gasteiger partial charge >= 0.3 is 0 Å². The summed E-state index contributed by atoms with van der Waals surface area (Å²) in [4.78, 5) is 5.10. The highest BCUT2D eigenvalue weighted by Gasteiger charge is 2.20. The van der Waals surface area contributed by atoms with Crippen LogP contribution in [0, 0.1) is 6.92 Å². The lowest BCUT2D eigenvalue weighted by atomic mass is 10.2. The summed E-state index contributed by atoms with van der Waals surface area (Å²) < 4.78 is 1.94. The van der Waals surface area contributed by atoms with Crippen molar-refractivity contribution in [1.82, 2.24) is 19.6 Å². The molecule has 0 aliphatic carbocycles. The predicted molar refractivity (Wildman–Crippen MR) is 79.5 cm³/mol. The van der Waals surface area contributed by atoms with Crippen LogP contribution in [0.25, 0.3) is 0 Å². The first kappa shape index (κ1) is 14.3. The number of anilines is 1. The molecule has 1 aromatic rings. The Labute approximate surface area is 116 Å². The van der Waals surface area contributed by atoms with Gasteiger partial charge in [-0.1, -0.05) is 6.92 Å². The van der Waals surface area contributed by atoms with Gasteiger partial charge in [0.2, 0.25) is 0 Å². The van der Waals surface area contributed by atoms with Crippen molar-refractivity contribution in [3.8, 4) is 0 Å². The number of rotatable bonds is 5. The van der Waals surface area contributed by atoms with E-state index in [9.17, 15) is 0 Å². The van der Waals surface area contributed by atoms with Crippen LogP contribution >= 0.6 is 0 Å². The zero-order valence-corrected chi connectivity index (χ0v) is 12.7. The molecule has 1 N–H and O–H groups in total. The maximum atomic E-state index is 4.51. The summed E-state index contributed by atoms with van der Waals surface area (Å²) in [5.41, 5.74) is 2.48. The van der Waals surface area contributed by atoms with Crippen molar-refractivity contribution in [2.75, 3.05) is 45.1 Å². The van der Waals surface area contributed by atoms with Crippen molar-refractivity contribution in [3.63, 3.8) is 0 Å². The SMILES string of the molecule is CCCN1CCN(Cc2c(C)nn(C)c2NC)CC1. The van der Waals surface area contributed by atoms with Crippen LogP contribution in [0.1, 0.15) is 24.6 Å². The molecule has 0 saturated carbocycles. The van der Waals surface area contributed by atoms with Crippen molar-refractivity contribution >= 4 is 5.82 Å². The summed E-state index contributed by atoms with van der Waals surface area (Å²) in [6.07, 6.45) is 1.26. The van der Waals surface area contributed by atoms with E-state index in [4.69, 9.17) is 0 Å². The van der Waals surface area contributed by atoms with Gasteiger partial charge in [-0.2, -0.15) is 5.10 Å². The van der Waals surface area contributed by atoms with E-state index in [1.165, 1.54) is 31.6 Å². The molecule has 2 rings (SSSR count). The lowest BCUT2D eigenvalue weighted by Crippen LogP contribution is -2.46. The van der Waals surface area contributed by atoms with Crippen LogP contribution in [0.4, 0.5) is 5.82 Å². The fourth-order valence-corrected chi connectivity index (χ4v) is 2.91. The van der Waals surface area contributed by atoms with Crippen LogP contribution in [0.15, 0.2) is 0 Å². The van der Waals surface area contributed by atoms with Gasteiger partial charge < -0.3 is 10.2 Å². The Morgan fingerprint density at radius 3 is 2.37 bits per heavy atom. The van der Waals surface area contributed by atoms with Gasteiger partial charge in [0, 0.05) is 52.4 Å². The number of aryl methyl sites for hydroxylation is 2. The molecule has 5 heteroatoms. The van der Waals surface area contributed by atoms with E-state index in [0.717, 1.165) is 31.1 Å². The van der Waals surface area contributed by atoms with E-state index >= 15 is 0 Å². The zero-order valence-electron chi connectivity index (χ0n) is 12.7. The highest BCUT2D eigenvalue weighted by molar-refractivity contribution is 5.46. The van der Waals surface area contributed by atoms with Gasteiger partial charge in [-0.3, -0.25) is 9.58 Å². The molecule has 1 saturated heterocycles. The van der Waals surface area contributed by atoms with Crippen molar-refractivity contribution in [2.45, 2.75) is 26.8 Å². The Morgan fingerprint density at radius 2 is 1.79 bits per heavy atom. The molecule has 0 bridgehead atoms. The zero-order chi connectivity index (χ0) is 13.8. The maximum absolute atomic E-state index is 4.51. The molecule has 1 fully saturated rings. The third-order valence-corrected chi connectivity index (χ3v) is 3.97. The quantitative estimate of drug-likeness (QED) is 0.870. The predicted octanol–water partition coefficient (Wildman–Crippen LogP) is 1.30. The first-order chi connectivity index (χ1) is 9.15. The van der Waals surface area contributed by atoms with Gasteiger partial charge in [0.15, 0.2) is 0 Å². The number of nitrogens with one attached hydrogen (secondary N) is 1. The Balaban J connectivity index is 1.96. The van der Waals surface area contributed by atoms with Gasteiger partial charge in [0.25, 0.3) is 0 Å². The van der Waals surface area contributed by atoms with Crippen molar-refractivity contribution < 1.29 is 0 Å². The second-order valence-electron chi connectivity index (χ2n) is 5.40. The van der Waals surface area contributed by atoms with Crippen LogP contribution in [-0.2, 0) is 13.6 Å². The average Bonchev–Trinajstić information content (AvgIpc) is 2.66. The van der Waals surface area contributed by atoms with Gasteiger partial charge in [-0.05, 0) is 19.9 Å². The molecule has 1 aliphatic heterocycles. The monoisotopic (exact) mass is 265 g/mol. The van der Waals surface area contributed by atoms with Crippen molar-refractivity contribution in [1.29, 1.82) is 0 Å². The van der Waals surface area contributed by atoms with Crippen LogP contribution < -0.4 is 5.32 Å². The summed E-state index contributed by atoms with van der Waals surface area (Å²) in [5.74, 6) is 1.15. The smallest absolute Gasteiger partial charge is 0.128 e. The molecule has 0 radical (unpaired) electrons. The minimum absolute atomic E-state index is 1.01. The minimum atomic E-state index is 1.01. The van der Waals surface area contributed by atoms with E-state index in [0.29, 0.717) is 0 Å². The molecular formula is C14H27N5. The summed E-state index contributed by atoms with van der Waals surface area (Å²) >= 11 is 0. The van der Waals surface area contributed by atoms with E-state index in [1.54, 1.807) is 0 Å². The fourth-order valence-electron chi connectivity index (χ4n) is 2.91. The third-order valence-electron chi connectivity index (χ3n) is 3.97. The molecule has 2 heterocycles. The van der Waals surface area contributed by atoms with Gasteiger partial charge in [-0.25, -0.2) is 0 Å². The van der Waals surface area contributed by atoms with Gasteiger partial charge in [0.1, 0.15) is 5.82 Å². The summed E-state index contributed by atoms with van der Waals surface area (Å²) in [5, 5.41) is 7.78. The Kier molecular flexibility index (Phi) is 4.82.